The van der Waals surface area contributed by atoms with E-state index in [1.165, 1.54) is 11.1 Å². The number of thiophene rings is 1. The molecule has 0 aliphatic heterocycles. The molecule has 0 aromatic carbocycles. The van der Waals surface area contributed by atoms with Gasteiger partial charge in [0.25, 0.3) is 0 Å². The molecule has 1 aliphatic rings. The van der Waals surface area contributed by atoms with Crippen molar-refractivity contribution in [3.63, 3.8) is 0 Å². The topological polar surface area (TPSA) is 46.2 Å². The lowest BCUT2D eigenvalue weighted by atomic mass is 9.82. The van der Waals surface area contributed by atoms with Crippen LogP contribution >= 0.6 is 11.3 Å². The highest BCUT2D eigenvalue weighted by Gasteiger charge is 2.32. The number of rotatable bonds is 6. The van der Waals surface area contributed by atoms with Crippen LogP contribution in [0.2, 0.25) is 0 Å². The van der Waals surface area contributed by atoms with Crippen LogP contribution < -0.4 is 5.32 Å². The Morgan fingerprint density at radius 1 is 1.45 bits per heavy atom. The Balaban J connectivity index is 2.04. The second-order valence-electron chi connectivity index (χ2n) is 5.83. The van der Waals surface area contributed by atoms with E-state index < -0.39 is 9.84 Å². The molecule has 114 valence electrons. The molecule has 20 heavy (non-hydrogen) atoms. The lowest BCUT2D eigenvalue weighted by Gasteiger charge is -2.34. The van der Waals surface area contributed by atoms with Crippen LogP contribution in [-0.2, 0) is 16.3 Å². The minimum atomic E-state index is -2.89. The van der Waals surface area contributed by atoms with Crippen LogP contribution in [0, 0.1) is 5.92 Å². The van der Waals surface area contributed by atoms with E-state index in [-0.39, 0.29) is 5.25 Å². The van der Waals surface area contributed by atoms with Crippen molar-refractivity contribution in [3.05, 3.63) is 22.4 Å². The Labute approximate surface area is 126 Å². The fourth-order valence-electron chi connectivity index (χ4n) is 3.25. The van der Waals surface area contributed by atoms with Crippen LogP contribution in [-0.4, -0.2) is 32.5 Å². The average Bonchev–Trinajstić information content (AvgIpc) is 2.90. The lowest BCUT2D eigenvalue weighted by molar-refractivity contribution is 0.271. The SMILES string of the molecule is CCNC(Cc1cccs1)C1CCCC(S(C)(=O)=O)C1. The van der Waals surface area contributed by atoms with E-state index in [9.17, 15) is 8.42 Å². The van der Waals surface area contributed by atoms with Gasteiger partial charge in [-0.05, 0) is 49.6 Å². The Kier molecular flexibility index (Phi) is 5.64. The van der Waals surface area contributed by atoms with Crippen LogP contribution in [0.1, 0.15) is 37.5 Å². The van der Waals surface area contributed by atoms with E-state index in [0.29, 0.717) is 12.0 Å². The first-order valence-electron chi connectivity index (χ1n) is 7.45. The third kappa shape index (κ3) is 4.30. The highest BCUT2D eigenvalue weighted by atomic mass is 32.2. The van der Waals surface area contributed by atoms with Crippen molar-refractivity contribution in [1.82, 2.24) is 5.32 Å². The minimum absolute atomic E-state index is 0.134. The monoisotopic (exact) mass is 315 g/mol. The molecule has 1 fully saturated rings. The van der Waals surface area contributed by atoms with Gasteiger partial charge in [0.15, 0.2) is 0 Å². The van der Waals surface area contributed by atoms with Gasteiger partial charge >= 0.3 is 0 Å². The largest absolute Gasteiger partial charge is 0.314 e. The summed E-state index contributed by atoms with van der Waals surface area (Å²) in [6.07, 6.45) is 6.26. The molecule has 2 rings (SSSR count). The molecule has 0 saturated heterocycles. The maximum Gasteiger partial charge on any atom is 0.150 e. The molecule has 1 aliphatic carbocycles. The van der Waals surface area contributed by atoms with Crippen molar-refractivity contribution >= 4 is 21.2 Å². The molecule has 3 nitrogen and oxygen atoms in total. The fourth-order valence-corrected chi connectivity index (χ4v) is 5.21. The first-order chi connectivity index (χ1) is 9.50. The van der Waals surface area contributed by atoms with Crippen molar-refractivity contribution in [3.8, 4) is 0 Å². The first-order valence-corrected chi connectivity index (χ1v) is 10.3. The minimum Gasteiger partial charge on any atom is -0.314 e. The second kappa shape index (κ2) is 7.05. The summed E-state index contributed by atoms with van der Waals surface area (Å²) < 4.78 is 23.6. The van der Waals surface area contributed by atoms with Crippen molar-refractivity contribution in [2.75, 3.05) is 12.8 Å². The van der Waals surface area contributed by atoms with Gasteiger partial charge < -0.3 is 5.32 Å². The Morgan fingerprint density at radius 2 is 2.25 bits per heavy atom. The van der Waals surface area contributed by atoms with Gasteiger partial charge in [0.2, 0.25) is 0 Å². The highest BCUT2D eigenvalue weighted by molar-refractivity contribution is 7.91. The number of likely N-dealkylation sites (N-methyl/N-ethyl adjacent to an activating group) is 1. The standard InChI is InChI=1S/C15H25NO2S2/c1-3-16-15(11-13-7-5-9-19-13)12-6-4-8-14(10-12)20(2,17)18/h5,7,9,12,14-16H,3-4,6,8,10-11H2,1-2H3. The summed E-state index contributed by atoms with van der Waals surface area (Å²) in [6, 6.07) is 4.66. The molecule has 0 spiro atoms. The molecule has 1 saturated carbocycles. The number of nitrogens with one attached hydrogen (secondary N) is 1. The van der Waals surface area contributed by atoms with Gasteiger partial charge in [-0.1, -0.05) is 19.4 Å². The zero-order chi connectivity index (χ0) is 14.6. The molecule has 0 amide bonds. The maximum atomic E-state index is 11.8. The molecule has 0 bridgehead atoms. The Hall–Kier alpha value is -0.390. The third-order valence-corrected chi connectivity index (χ3v) is 6.85. The summed E-state index contributed by atoms with van der Waals surface area (Å²) >= 11 is 1.79. The van der Waals surface area contributed by atoms with E-state index in [0.717, 1.165) is 38.6 Å². The molecule has 1 aromatic rings. The third-order valence-electron chi connectivity index (χ3n) is 4.31. The van der Waals surface area contributed by atoms with Crippen LogP contribution in [0.15, 0.2) is 17.5 Å². The van der Waals surface area contributed by atoms with E-state index in [4.69, 9.17) is 0 Å². The summed E-state index contributed by atoms with van der Waals surface area (Å²) in [5.74, 6) is 0.477. The molecular weight excluding hydrogens is 290 g/mol. The van der Waals surface area contributed by atoms with Crippen LogP contribution in [0.5, 0.6) is 0 Å². The van der Waals surface area contributed by atoms with E-state index in [2.05, 4.69) is 29.8 Å². The highest BCUT2D eigenvalue weighted by Crippen LogP contribution is 2.32. The molecule has 3 unspecified atom stereocenters. The van der Waals surface area contributed by atoms with Gasteiger partial charge in [-0.25, -0.2) is 8.42 Å². The number of hydrogen-bond acceptors (Lipinski definition) is 4. The van der Waals surface area contributed by atoms with Crippen LogP contribution in [0.25, 0.3) is 0 Å². The van der Waals surface area contributed by atoms with Crippen molar-refractivity contribution in [2.24, 2.45) is 5.92 Å². The first kappa shape index (κ1) is 16.0. The predicted molar refractivity (Wildman–Crippen MR) is 86.1 cm³/mol. The fraction of sp³-hybridized carbons (Fsp3) is 0.733. The molecule has 3 atom stereocenters. The smallest absolute Gasteiger partial charge is 0.150 e. The average molecular weight is 316 g/mol. The zero-order valence-electron chi connectivity index (χ0n) is 12.3. The molecule has 1 aromatic heterocycles. The van der Waals surface area contributed by atoms with Crippen molar-refractivity contribution in [2.45, 2.75) is 50.3 Å². The summed E-state index contributed by atoms with van der Waals surface area (Å²) in [5, 5.41) is 5.55. The van der Waals surface area contributed by atoms with Crippen LogP contribution in [0.4, 0.5) is 0 Å². The summed E-state index contributed by atoms with van der Waals surface area (Å²) in [4.78, 5) is 1.39. The van der Waals surface area contributed by atoms with Crippen molar-refractivity contribution in [1.29, 1.82) is 0 Å². The zero-order valence-corrected chi connectivity index (χ0v) is 14.0. The van der Waals surface area contributed by atoms with E-state index >= 15 is 0 Å². The molecule has 1 heterocycles. The summed E-state index contributed by atoms with van der Waals surface area (Å²) in [6.45, 7) is 3.06. The molecule has 0 radical (unpaired) electrons. The number of sulfone groups is 1. The van der Waals surface area contributed by atoms with Crippen LogP contribution in [0.3, 0.4) is 0 Å². The predicted octanol–water partition coefficient (Wildman–Crippen LogP) is 2.87. The van der Waals surface area contributed by atoms with Crippen molar-refractivity contribution < 1.29 is 8.42 Å². The quantitative estimate of drug-likeness (QED) is 0.878. The summed E-state index contributed by atoms with van der Waals surface area (Å²) in [5.41, 5.74) is 0. The Bertz CT molecular complexity index is 496. The van der Waals surface area contributed by atoms with Gasteiger partial charge in [-0.3, -0.25) is 0 Å². The van der Waals surface area contributed by atoms with Gasteiger partial charge in [-0.15, -0.1) is 11.3 Å². The Morgan fingerprint density at radius 3 is 2.85 bits per heavy atom. The lowest BCUT2D eigenvalue weighted by Crippen LogP contribution is -2.42. The second-order valence-corrected chi connectivity index (χ2v) is 9.18. The molecule has 1 N–H and O–H groups in total. The maximum absolute atomic E-state index is 11.8. The summed E-state index contributed by atoms with van der Waals surface area (Å²) in [7, 11) is -2.89. The van der Waals surface area contributed by atoms with Gasteiger partial charge in [0, 0.05) is 17.2 Å². The number of hydrogen-bond donors (Lipinski definition) is 1. The van der Waals surface area contributed by atoms with E-state index in [1.807, 2.05) is 0 Å². The van der Waals surface area contributed by atoms with Gasteiger partial charge in [0.1, 0.15) is 9.84 Å². The normalized spacial score (nSPS) is 25.5. The molecular formula is C15H25NO2S2. The molecule has 5 heteroatoms. The van der Waals surface area contributed by atoms with E-state index in [1.54, 1.807) is 11.3 Å². The van der Waals surface area contributed by atoms with Gasteiger partial charge in [-0.2, -0.15) is 0 Å². The van der Waals surface area contributed by atoms with Gasteiger partial charge in [0.05, 0.1) is 5.25 Å².